The molecule has 26 heavy (non-hydrogen) atoms. The molecule has 7 heteroatoms. The minimum atomic E-state index is 0.0395. The highest BCUT2D eigenvalue weighted by atomic mass is 32.1. The molecule has 1 amide bonds. The van der Waals surface area contributed by atoms with Gasteiger partial charge in [-0.1, -0.05) is 5.21 Å². The molecule has 0 aliphatic carbocycles. The van der Waals surface area contributed by atoms with Crippen LogP contribution in [0.1, 0.15) is 58.4 Å². The Balaban J connectivity index is 1.39. The molecule has 2 saturated heterocycles. The third-order valence-corrected chi connectivity index (χ3v) is 6.39. The molecule has 4 rings (SSSR count). The van der Waals surface area contributed by atoms with Gasteiger partial charge in [0.25, 0.3) is 5.91 Å². The molecule has 2 aromatic rings. The Kier molecular flexibility index (Phi) is 5.36. The van der Waals surface area contributed by atoms with Gasteiger partial charge in [0.05, 0.1) is 12.2 Å². The van der Waals surface area contributed by atoms with Crippen molar-refractivity contribution in [1.29, 1.82) is 0 Å². The largest absolute Gasteiger partial charge is 0.337 e. The number of thiophene rings is 1. The fraction of sp³-hybridized carbons (Fsp3) is 0.632. The minimum Gasteiger partial charge on any atom is -0.337 e. The molecule has 2 aliphatic rings. The van der Waals surface area contributed by atoms with Gasteiger partial charge >= 0.3 is 0 Å². The van der Waals surface area contributed by atoms with Crippen LogP contribution in [0.3, 0.4) is 0 Å². The topological polar surface area (TPSA) is 54.3 Å². The Bertz CT molecular complexity index is 749. The number of amides is 1. The van der Waals surface area contributed by atoms with Crippen LogP contribution in [0.2, 0.25) is 0 Å². The van der Waals surface area contributed by atoms with E-state index in [-0.39, 0.29) is 5.91 Å². The molecule has 2 aliphatic heterocycles. The summed E-state index contributed by atoms with van der Waals surface area (Å²) < 4.78 is 1.92. The zero-order valence-corrected chi connectivity index (χ0v) is 16.2. The molecule has 1 atom stereocenters. The van der Waals surface area contributed by atoms with Gasteiger partial charge in [0.1, 0.15) is 0 Å². The zero-order chi connectivity index (χ0) is 17.9. The molecule has 1 unspecified atom stereocenters. The molecule has 6 nitrogen and oxygen atoms in total. The number of aryl methyl sites for hydroxylation is 1. The first-order valence-corrected chi connectivity index (χ1v) is 10.5. The van der Waals surface area contributed by atoms with Crippen molar-refractivity contribution in [3.05, 3.63) is 33.8 Å². The normalized spacial score (nSPS) is 21.9. The van der Waals surface area contributed by atoms with Gasteiger partial charge in [-0.2, -0.15) is 0 Å². The summed E-state index contributed by atoms with van der Waals surface area (Å²) in [5, 5.41) is 8.48. The lowest BCUT2D eigenvalue weighted by molar-refractivity contribution is 0.0718. The highest BCUT2D eigenvalue weighted by Gasteiger charge is 2.25. The van der Waals surface area contributed by atoms with Gasteiger partial charge in [-0.25, -0.2) is 4.68 Å². The predicted octanol–water partition coefficient (Wildman–Crippen LogP) is 3.11. The Hall–Kier alpha value is -1.73. The SMILES string of the molecule is Cc1ccc(CN2CCCC(n3cc(C(=O)N4CCCCC4)nn3)C2)s1. The van der Waals surface area contributed by atoms with E-state index in [0.717, 1.165) is 58.4 Å². The quantitative estimate of drug-likeness (QED) is 0.826. The number of aromatic nitrogens is 3. The number of hydrogen-bond donors (Lipinski definition) is 0. The van der Waals surface area contributed by atoms with Gasteiger partial charge in [-0.05, 0) is 57.7 Å². The van der Waals surface area contributed by atoms with Crippen molar-refractivity contribution < 1.29 is 4.79 Å². The molecular formula is C19H27N5OS. The molecule has 0 radical (unpaired) electrons. The van der Waals surface area contributed by atoms with Crippen LogP contribution in [-0.2, 0) is 6.54 Å². The van der Waals surface area contributed by atoms with Gasteiger partial charge in [0, 0.05) is 35.9 Å². The van der Waals surface area contributed by atoms with Gasteiger partial charge in [-0.3, -0.25) is 9.69 Å². The summed E-state index contributed by atoms with van der Waals surface area (Å²) in [6.45, 7) is 6.96. The fourth-order valence-electron chi connectivity index (χ4n) is 3.99. The molecular weight excluding hydrogens is 346 g/mol. The second kappa shape index (κ2) is 7.88. The highest BCUT2D eigenvalue weighted by Crippen LogP contribution is 2.24. The Morgan fingerprint density at radius 1 is 1.19 bits per heavy atom. The smallest absolute Gasteiger partial charge is 0.276 e. The van der Waals surface area contributed by atoms with Crippen LogP contribution < -0.4 is 0 Å². The number of piperidine rings is 2. The lowest BCUT2D eigenvalue weighted by atomic mass is 10.1. The molecule has 0 N–H and O–H groups in total. The molecule has 4 heterocycles. The fourth-order valence-corrected chi connectivity index (χ4v) is 4.93. The molecule has 140 valence electrons. The zero-order valence-electron chi connectivity index (χ0n) is 15.4. The summed E-state index contributed by atoms with van der Waals surface area (Å²) in [4.78, 5) is 19.8. The summed E-state index contributed by atoms with van der Waals surface area (Å²) in [5.74, 6) is 0.0395. The average Bonchev–Trinajstić information content (AvgIpc) is 3.31. The van der Waals surface area contributed by atoms with Gasteiger partial charge in [0.2, 0.25) is 0 Å². The first kappa shape index (κ1) is 17.7. The summed E-state index contributed by atoms with van der Waals surface area (Å²) in [5.41, 5.74) is 0.498. The molecule has 2 fully saturated rings. The molecule has 0 spiro atoms. The minimum absolute atomic E-state index is 0.0395. The number of carbonyl (C=O) groups is 1. The Morgan fingerprint density at radius 3 is 2.81 bits per heavy atom. The number of carbonyl (C=O) groups excluding carboxylic acids is 1. The van der Waals surface area contributed by atoms with E-state index in [1.807, 2.05) is 27.1 Å². The number of hydrogen-bond acceptors (Lipinski definition) is 5. The van der Waals surface area contributed by atoms with E-state index in [1.165, 1.54) is 16.2 Å². The van der Waals surface area contributed by atoms with E-state index in [2.05, 4.69) is 34.3 Å². The molecule has 0 aromatic carbocycles. The van der Waals surface area contributed by atoms with E-state index in [9.17, 15) is 4.79 Å². The van der Waals surface area contributed by atoms with Crippen molar-refractivity contribution in [2.45, 2.75) is 51.6 Å². The van der Waals surface area contributed by atoms with Crippen molar-refractivity contribution in [3.63, 3.8) is 0 Å². The van der Waals surface area contributed by atoms with Crippen LogP contribution in [0.4, 0.5) is 0 Å². The summed E-state index contributed by atoms with van der Waals surface area (Å²) in [6, 6.07) is 4.73. The third-order valence-electron chi connectivity index (χ3n) is 5.40. The summed E-state index contributed by atoms with van der Waals surface area (Å²) >= 11 is 1.88. The van der Waals surface area contributed by atoms with Crippen molar-refractivity contribution in [1.82, 2.24) is 24.8 Å². The van der Waals surface area contributed by atoms with Crippen molar-refractivity contribution in [3.8, 4) is 0 Å². The van der Waals surface area contributed by atoms with Crippen LogP contribution in [0.25, 0.3) is 0 Å². The summed E-state index contributed by atoms with van der Waals surface area (Å²) in [7, 11) is 0. The van der Waals surface area contributed by atoms with Crippen molar-refractivity contribution >= 4 is 17.2 Å². The molecule has 2 aromatic heterocycles. The first-order chi connectivity index (χ1) is 12.7. The van der Waals surface area contributed by atoms with Crippen LogP contribution in [0, 0.1) is 6.92 Å². The second-order valence-corrected chi connectivity index (χ2v) is 8.85. The van der Waals surface area contributed by atoms with Gasteiger partial charge < -0.3 is 4.90 Å². The lowest BCUT2D eigenvalue weighted by Gasteiger charge is -2.32. The standard InChI is InChI=1S/C19H27N5OS/c1-15-7-8-17(26-15)13-22-9-5-6-16(12-22)24-14-18(20-21-24)19(25)23-10-3-2-4-11-23/h7-8,14,16H,2-6,9-13H2,1H3. The monoisotopic (exact) mass is 373 g/mol. The van der Waals surface area contributed by atoms with E-state index in [4.69, 9.17) is 0 Å². The lowest BCUT2D eigenvalue weighted by Crippen LogP contribution is -2.36. The van der Waals surface area contributed by atoms with Crippen LogP contribution in [0.5, 0.6) is 0 Å². The van der Waals surface area contributed by atoms with Gasteiger partial charge in [-0.15, -0.1) is 16.4 Å². The maximum absolute atomic E-state index is 12.6. The van der Waals surface area contributed by atoms with E-state index in [1.54, 1.807) is 0 Å². The maximum Gasteiger partial charge on any atom is 0.276 e. The summed E-state index contributed by atoms with van der Waals surface area (Å²) in [6.07, 6.45) is 7.53. The Labute approximate surface area is 158 Å². The number of nitrogens with zero attached hydrogens (tertiary/aromatic N) is 5. The first-order valence-electron chi connectivity index (χ1n) is 9.68. The second-order valence-electron chi connectivity index (χ2n) is 7.48. The van der Waals surface area contributed by atoms with Crippen molar-refractivity contribution in [2.75, 3.05) is 26.2 Å². The van der Waals surface area contributed by atoms with Gasteiger partial charge in [0.15, 0.2) is 5.69 Å². The van der Waals surface area contributed by atoms with E-state index >= 15 is 0 Å². The van der Waals surface area contributed by atoms with E-state index in [0.29, 0.717) is 11.7 Å². The average molecular weight is 374 g/mol. The van der Waals surface area contributed by atoms with Crippen molar-refractivity contribution in [2.24, 2.45) is 0 Å². The number of rotatable bonds is 4. The third kappa shape index (κ3) is 3.99. The Morgan fingerprint density at radius 2 is 2.04 bits per heavy atom. The van der Waals surface area contributed by atoms with E-state index < -0.39 is 0 Å². The number of likely N-dealkylation sites (tertiary alicyclic amines) is 2. The predicted molar refractivity (Wildman–Crippen MR) is 102 cm³/mol. The van der Waals surface area contributed by atoms with Crippen LogP contribution in [0.15, 0.2) is 18.3 Å². The maximum atomic E-state index is 12.6. The molecule has 0 bridgehead atoms. The van der Waals surface area contributed by atoms with Crippen LogP contribution in [-0.4, -0.2) is 56.9 Å². The van der Waals surface area contributed by atoms with Crippen LogP contribution >= 0.6 is 11.3 Å². The highest BCUT2D eigenvalue weighted by molar-refractivity contribution is 7.11. The molecule has 0 saturated carbocycles.